The average molecular weight is 272 g/mol. The van der Waals surface area contributed by atoms with Crippen molar-refractivity contribution >= 4 is 11.8 Å². The molecule has 0 heterocycles. The lowest BCUT2D eigenvalue weighted by atomic mass is 10.0. The first-order valence-corrected chi connectivity index (χ1v) is 7.55. The zero-order chi connectivity index (χ0) is 13.5. The summed E-state index contributed by atoms with van der Waals surface area (Å²) in [6, 6.07) is 19.2. The molecule has 2 rings (SSSR count). The van der Waals surface area contributed by atoms with E-state index in [1.807, 2.05) is 17.8 Å². The van der Waals surface area contributed by atoms with Gasteiger partial charge in [0.1, 0.15) is 0 Å². The SMILES string of the molecule is CCc1cccc(C(CSc2ccccc2)NN)c1. The minimum Gasteiger partial charge on any atom is -0.271 e. The Morgan fingerprint density at radius 3 is 2.58 bits per heavy atom. The standard InChI is InChI=1S/C16H20N2S/c1-2-13-7-6-8-14(11-13)16(18-17)12-19-15-9-4-3-5-10-15/h3-11,16,18H,2,12,17H2,1H3. The third kappa shape index (κ3) is 4.10. The Kier molecular flexibility index (Phi) is 5.45. The molecule has 0 aromatic heterocycles. The third-order valence-corrected chi connectivity index (χ3v) is 4.23. The summed E-state index contributed by atoms with van der Waals surface area (Å²) in [7, 11) is 0. The van der Waals surface area contributed by atoms with E-state index < -0.39 is 0 Å². The van der Waals surface area contributed by atoms with Crippen LogP contribution in [0.4, 0.5) is 0 Å². The van der Waals surface area contributed by atoms with Gasteiger partial charge in [-0.25, -0.2) is 0 Å². The van der Waals surface area contributed by atoms with Crippen LogP contribution < -0.4 is 11.3 Å². The first kappa shape index (κ1) is 14.1. The summed E-state index contributed by atoms with van der Waals surface area (Å²) in [4.78, 5) is 1.27. The van der Waals surface area contributed by atoms with E-state index in [0.29, 0.717) is 0 Å². The summed E-state index contributed by atoms with van der Waals surface area (Å²) in [5.41, 5.74) is 5.52. The maximum Gasteiger partial charge on any atom is 0.0554 e. The second kappa shape index (κ2) is 7.34. The van der Waals surface area contributed by atoms with Crippen molar-refractivity contribution in [1.29, 1.82) is 0 Å². The second-order valence-corrected chi connectivity index (χ2v) is 5.54. The van der Waals surface area contributed by atoms with Gasteiger partial charge in [-0.05, 0) is 29.7 Å². The van der Waals surface area contributed by atoms with Crippen molar-refractivity contribution in [2.24, 2.45) is 5.84 Å². The summed E-state index contributed by atoms with van der Waals surface area (Å²) < 4.78 is 0. The first-order valence-electron chi connectivity index (χ1n) is 6.56. The zero-order valence-electron chi connectivity index (χ0n) is 11.2. The second-order valence-electron chi connectivity index (χ2n) is 4.44. The molecule has 100 valence electrons. The summed E-state index contributed by atoms with van der Waals surface area (Å²) in [6.07, 6.45) is 1.05. The number of rotatable bonds is 6. The van der Waals surface area contributed by atoms with Crippen molar-refractivity contribution in [3.8, 4) is 0 Å². The molecule has 0 aliphatic heterocycles. The number of hydrogen-bond donors (Lipinski definition) is 2. The summed E-state index contributed by atoms with van der Waals surface area (Å²) in [5.74, 6) is 6.62. The maximum absolute atomic E-state index is 5.70. The normalized spacial score (nSPS) is 12.3. The van der Waals surface area contributed by atoms with Crippen LogP contribution in [0.2, 0.25) is 0 Å². The molecule has 0 fully saturated rings. The van der Waals surface area contributed by atoms with Gasteiger partial charge in [0.15, 0.2) is 0 Å². The highest BCUT2D eigenvalue weighted by atomic mass is 32.2. The van der Waals surface area contributed by atoms with Gasteiger partial charge in [0.05, 0.1) is 6.04 Å². The maximum atomic E-state index is 5.70. The quantitative estimate of drug-likeness (QED) is 0.480. The van der Waals surface area contributed by atoms with Gasteiger partial charge in [0, 0.05) is 10.6 Å². The Hall–Kier alpha value is -1.29. The van der Waals surface area contributed by atoms with Crippen molar-refractivity contribution in [3.63, 3.8) is 0 Å². The fraction of sp³-hybridized carbons (Fsp3) is 0.250. The molecule has 0 amide bonds. The molecule has 19 heavy (non-hydrogen) atoms. The van der Waals surface area contributed by atoms with Crippen LogP contribution in [0.15, 0.2) is 59.5 Å². The van der Waals surface area contributed by atoms with Gasteiger partial charge in [0.2, 0.25) is 0 Å². The van der Waals surface area contributed by atoms with Gasteiger partial charge in [-0.3, -0.25) is 11.3 Å². The molecule has 0 saturated carbocycles. The molecule has 0 radical (unpaired) electrons. The van der Waals surface area contributed by atoms with Crippen molar-refractivity contribution < 1.29 is 0 Å². The third-order valence-electron chi connectivity index (χ3n) is 3.12. The Bertz CT molecular complexity index is 499. The number of aryl methyl sites for hydroxylation is 1. The molecule has 2 aromatic rings. The van der Waals surface area contributed by atoms with Crippen molar-refractivity contribution in [3.05, 3.63) is 65.7 Å². The lowest BCUT2D eigenvalue weighted by Crippen LogP contribution is -2.29. The van der Waals surface area contributed by atoms with Gasteiger partial charge in [-0.2, -0.15) is 0 Å². The number of nitrogens with two attached hydrogens (primary N) is 1. The number of benzene rings is 2. The van der Waals surface area contributed by atoms with Gasteiger partial charge >= 0.3 is 0 Å². The molecule has 2 nitrogen and oxygen atoms in total. The Morgan fingerprint density at radius 2 is 1.89 bits per heavy atom. The summed E-state index contributed by atoms with van der Waals surface area (Å²) >= 11 is 1.82. The Morgan fingerprint density at radius 1 is 1.11 bits per heavy atom. The fourth-order valence-electron chi connectivity index (χ4n) is 1.97. The van der Waals surface area contributed by atoms with Crippen LogP contribution in [-0.4, -0.2) is 5.75 Å². The van der Waals surface area contributed by atoms with Crippen LogP contribution in [0.1, 0.15) is 24.1 Å². The van der Waals surface area contributed by atoms with Gasteiger partial charge < -0.3 is 0 Å². The molecule has 0 aliphatic carbocycles. The highest BCUT2D eigenvalue weighted by molar-refractivity contribution is 7.99. The predicted molar refractivity (Wildman–Crippen MR) is 83.1 cm³/mol. The van der Waals surface area contributed by atoms with Crippen LogP contribution in [0.5, 0.6) is 0 Å². The van der Waals surface area contributed by atoms with E-state index in [1.54, 1.807) is 0 Å². The molecule has 2 aromatic carbocycles. The van der Waals surface area contributed by atoms with E-state index in [4.69, 9.17) is 5.84 Å². The molecular weight excluding hydrogens is 252 g/mol. The number of hydrazine groups is 1. The Balaban J connectivity index is 2.03. The highest BCUT2D eigenvalue weighted by Gasteiger charge is 2.10. The van der Waals surface area contributed by atoms with E-state index in [1.165, 1.54) is 16.0 Å². The van der Waals surface area contributed by atoms with E-state index in [2.05, 4.69) is 60.9 Å². The fourth-order valence-corrected chi connectivity index (χ4v) is 2.96. The minimum atomic E-state index is 0.178. The average Bonchev–Trinajstić information content (AvgIpc) is 2.49. The zero-order valence-corrected chi connectivity index (χ0v) is 12.0. The monoisotopic (exact) mass is 272 g/mol. The molecule has 0 saturated heterocycles. The largest absolute Gasteiger partial charge is 0.271 e. The topological polar surface area (TPSA) is 38.0 Å². The molecule has 1 atom stereocenters. The minimum absolute atomic E-state index is 0.178. The van der Waals surface area contributed by atoms with Crippen LogP contribution in [0, 0.1) is 0 Å². The van der Waals surface area contributed by atoms with Crippen LogP contribution in [0.3, 0.4) is 0 Å². The molecule has 3 N–H and O–H groups in total. The smallest absolute Gasteiger partial charge is 0.0554 e. The highest BCUT2D eigenvalue weighted by Crippen LogP contribution is 2.24. The molecule has 1 unspecified atom stereocenters. The first-order chi connectivity index (χ1) is 9.33. The summed E-state index contributed by atoms with van der Waals surface area (Å²) in [5, 5.41) is 0. The van der Waals surface area contributed by atoms with Gasteiger partial charge in [-0.1, -0.05) is 49.4 Å². The molecule has 0 bridgehead atoms. The lowest BCUT2D eigenvalue weighted by molar-refractivity contribution is 0.610. The van der Waals surface area contributed by atoms with E-state index in [-0.39, 0.29) is 6.04 Å². The molecular formula is C16H20N2S. The molecule has 3 heteroatoms. The van der Waals surface area contributed by atoms with Gasteiger partial charge in [-0.15, -0.1) is 11.8 Å². The number of nitrogens with one attached hydrogen (secondary N) is 1. The predicted octanol–water partition coefficient (Wildman–Crippen LogP) is 3.55. The summed E-state index contributed by atoms with van der Waals surface area (Å²) in [6.45, 7) is 2.17. The van der Waals surface area contributed by atoms with Crippen molar-refractivity contribution in [2.75, 3.05) is 5.75 Å². The number of hydrogen-bond acceptors (Lipinski definition) is 3. The Labute approximate surface area is 119 Å². The van der Waals surface area contributed by atoms with E-state index in [0.717, 1.165) is 12.2 Å². The van der Waals surface area contributed by atoms with E-state index >= 15 is 0 Å². The van der Waals surface area contributed by atoms with Crippen LogP contribution in [-0.2, 0) is 6.42 Å². The lowest BCUT2D eigenvalue weighted by Gasteiger charge is -2.16. The number of thioether (sulfide) groups is 1. The van der Waals surface area contributed by atoms with E-state index in [9.17, 15) is 0 Å². The van der Waals surface area contributed by atoms with Gasteiger partial charge in [0.25, 0.3) is 0 Å². The molecule has 0 spiro atoms. The van der Waals surface area contributed by atoms with Crippen LogP contribution >= 0.6 is 11.8 Å². The van der Waals surface area contributed by atoms with Crippen molar-refractivity contribution in [2.45, 2.75) is 24.3 Å². The van der Waals surface area contributed by atoms with Crippen molar-refractivity contribution in [1.82, 2.24) is 5.43 Å². The molecule has 0 aliphatic rings. The van der Waals surface area contributed by atoms with Crippen LogP contribution in [0.25, 0.3) is 0 Å².